The van der Waals surface area contributed by atoms with Crippen LogP contribution in [0.1, 0.15) is 55.4 Å². The molecule has 2 aromatic carbocycles. The van der Waals surface area contributed by atoms with E-state index in [2.05, 4.69) is 45.5 Å². The Balaban J connectivity index is 1.77. The van der Waals surface area contributed by atoms with Crippen LogP contribution in [0.4, 0.5) is 8.78 Å². The smallest absolute Gasteiger partial charge is 0.360 e. The van der Waals surface area contributed by atoms with E-state index in [1.807, 2.05) is 0 Å². The van der Waals surface area contributed by atoms with E-state index in [0.29, 0.717) is 15.6 Å². The fourth-order valence-corrected chi connectivity index (χ4v) is 8.54. The molecule has 0 amide bonds. The fraction of sp³-hybridized carbons (Fsp3) is 0.455. The third kappa shape index (κ3) is 9.46. The maximum Gasteiger partial charge on any atom is 0.360 e. The number of carbonyl (C=O) groups is 2. The number of hydrogen-bond acceptors (Lipinski definition) is 8. The van der Waals surface area contributed by atoms with Crippen molar-refractivity contribution in [3.8, 4) is 0 Å². The number of halogens is 2. The van der Waals surface area contributed by atoms with Crippen molar-refractivity contribution in [2.24, 2.45) is 5.41 Å². The molecule has 1 atom stereocenters. The monoisotopic (exact) mass is 711 g/mol. The van der Waals surface area contributed by atoms with Gasteiger partial charge in [-0.2, -0.15) is 8.78 Å². The van der Waals surface area contributed by atoms with Crippen molar-refractivity contribution >= 4 is 60.1 Å². The Bertz CT molecular complexity index is 1570. The first kappa shape index (κ1) is 38.3. The lowest BCUT2D eigenvalue weighted by atomic mass is 9.97. The zero-order valence-electron chi connectivity index (χ0n) is 27.5. The van der Waals surface area contributed by atoms with Gasteiger partial charge in [0, 0.05) is 29.2 Å². The second-order valence-electron chi connectivity index (χ2n) is 13.1. The average molecular weight is 712 g/mol. The molecule has 0 aliphatic rings. The lowest BCUT2D eigenvalue weighted by Crippen LogP contribution is -2.44. The molecular weight excluding hydrogens is 668 g/mol. The van der Waals surface area contributed by atoms with Crippen LogP contribution in [0.5, 0.6) is 0 Å². The van der Waals surface area contributed by atoms with Gasteiger partial charge in [-0.05, 0) is 61.1 Å². The summed E-state index contributed by atoms with van der Waals surface area (Å²) < 4.78 is 63.9. The van der Waals surface area contributed by atoms with Crippen LogP contribution in [0, 0.1) is 5.41 Å². The molecule has 13 heteroatoms. The molecule has 1 unspecified atom stereocenters. The molecule has 0 saturated carbocycles. The zero-order valence-corrected chi connectivity index (χ0v) is 31.0. The van der Waals surface area contributed by atoms with Crippen molar-refractivity contribution in [3.63, 3.8) is 0 Å². The highest BCUT2D eigenvalue weighted by Crippen LogP contribution is 2.63. The fourth-order valence-electron chi connectivity index (χ4n) is 3.86. The van der Waals surface area contributed by atoms with Crippen LogP contribution in [-0.4, -0.2) is 45.0 Å². The Hall–Kier alpha value is -2.18. The van der Waals surface area contributed by atoms with Crippen molar-refractivity contribution in [2.75, 3.05) is 25.6 Å². The highest BCUT2D eigenvalue weighted by atomic mass is 32.2. The van der Waals surface area contributed by atoms with Crippen molar-refractivity contribution < 1.29 is 36.6 Å². The van der Waals surface area contributed by atoms with Gasteiger partial charge in [0.2, 0.25) is 0 Å². The van der Waals surface area contributed by atoms with E-state index in [1.165, 1.54) is 30.3 Å². The Morgan fingerprint density at radius 2 is 1.74 bits per heavy atom. The van der Waals surface area contributed by atoms with Crippen molar-refractivity contribution in [2.45, 2.75) is 65.0 Å². The van der Waals surface area contributed by atoms with Crippen LogP contribution in [-0.2, 0) is 35.3 Å². The molecule has 46 heavy (non-hydrogen) atoms. The van der Waals surface area contributed by atoms with Crippen molar-refractivity contribution in [3.05, 3.63) is 83.3 Å². The Kier molecular flexibility index (Phi) is 12.8. The van der Waals surface area contributed by atoms with Gasteiger partial charge in [0.15, 0.2) is 13.4 Å². The maximum atomic E-state index is 16.2. The normalized spacial score (nSPS) is 14.2. The van der Waals surface area contributed by atoms with E-state index in [1.54, 1.807) is 44.2 Å². The molecule has 1 N–H and O–H groups in total. The maximum absolute atomic E-state index is 16.2. The van der Waals surface area contributed by atoms with Gasteiger partial charge >= 0.3 is 19.2 Å². The Morgan fingerprint density at radius 3 is 2.37 bits per heavy atom. The molecule has 252 valence electrons. The lowest BCUT2D eigenvalue weighted by molar-refractivity contribution is -0.119. The van der Waals surface area contributed by atoms with E-state index < -0.39 is 38.4 Å². The van der Waals surface area contributed by atoms with E-state index in [4.69, 9.17) is 13.7 Å². The number of fused-ring (bicyclic) bond motifs is 1. The quantitative estimate of drug-likeness (QED) is 0.0517. The van der Waals surface area contributed by atoms with Crippen LogP contribution >= 0.6 is 30.6 Å². The summed E-state index contributed by atoms with van der Waals surface area (Å²) in [5.41, 5.74) is -4.63. The number of rotatable bonds is 16. The van der Waals surface area contributed by atoms with Crippen LogP contribution in [0.15, 0.2) is 67.3 Å². The molecule has 0 spiro atoms. The average Bonchev–Trinajstić information content (AvgIpc) is 3.43. The highest BCUT2D eigenvalue weighted by Gasteiger charge is 2.53. The molecule has 0 bridgehead atoms. The molecule has 1 aromatic heterocycles. The van der Waals surface area contributed by atoms with Gasteiger partial charge in [0.05, 0.1) is 12.0 Å². The molecule has 0 aliphatic heterocycles. The van der Waals surface area contributed by atoms with Gasteiger partial charge < -0.3 is 13.7 Å². The van der Waals surface area contributed by atoms with Gasteiger partial charge in [0.25, 0.3) is 0 Å². The predicted molar refractivity (Wildman–Crippen MR) is 187 cm³/mol. The van der Waals surface area contributed by atoms with Crippen molar-refractivity contribution in [1.29, 1.82) is 0 Å². The lowest BCUT2D eigenvalue weighted by Gasteiger charge is -2.38. The molecular formula is C33H44F2NO6PS2Si. The SMILES string of the molecule is C=CCOC(=O)c1cc2cc(C(F)(F)P(=O)(NCc3ccccc3)OCCSC(=O)C(C)(C)CO[Si](C)(C)C(C)(C)C)ccc2s1. The predicted octanol–water partition coefficient (Wildman–Crippen LogP) is 9.60. The first-order valence-corrected chi connectivity index (χ1v) is 21.2. The minimum absolute atomic E-state index is 0.0141. The standard InChI is InChI=1S/C33H44F2NO6PS2Si/c1-9-17-40-29(37)28-21-25-20-26(15-16-27(25)45-28)33(34,35)43(39,36-22-24-13-11-10-12-14-24)41-18-19-44-30(38)32(5,6)23-42-46(7,8)31(2,3)4/h9-16,20-21H,1,17-19,22-23H2,2-8H3,(H,36,39). The number of benzene rings is 2. The molecule has 7 nitrogen and oxygen atoms in total. The molecule has 1 heterocycles. The van der Waals surface area contributed by atoms with E-state index in [-0.39, 0.29) is 47.1 Å². The number of thioether (sulfide) groups is 1. The minimum atomic E-state index is -4.90. The Morgan fingerprint density at radius 1 is 1.07 bits per heavy atom. The number of carbonyl (C=O) groups excluding carboxylic acids is 2. The number of hydrogen-bond donors (Lipinski definition) is 1. The number of ether oxygens (including phenoxy) is 1. The third-order valence-electron chi connectivity index (χ3n) is 7.84. The second kappa shape index (κ2) is 15.4. The first-order valence-electron chi connectivity index (χ1n) is 14.9. The molecule has 0 aliphatic carbocycles. The van der Waals surface area contributed by atoms with Gasteiger partial charge in [-0.1, -0.05) is 81.6 Å². The van der Waals surface area contributed by atoms with Crippen LogP contribution < -0.4 is 5.09 Å². The summed E-state index contributed by atoms with van der Waals surface area (Å²) in [5.74, 6) is -0.565. The first-order chi connectivity index (χ1) is 21.3. The summed E-state index contributed by atoms with van der Waals surface area (Å²) in [6, 6.07) is 14.1. The van der Waals surface area contributed by atoms with E-state index in [0.717, 1.165) is 23.1 Å². The largest absolute Gasteiger partial charge is 0.457 e. The number of nitrogens with one attached hydrogen (secondary N) is 1. The number of thiophene rings is 1. The number of esters is 1. The van der Waals surface area contributed by atoms with E-state index >= 15 is 8.78 Å². The third-order valence-corrected chi connectivity index (χ3v) is 16.7. The summed E-state index contributed by atoms with van der Waals surface area (Å²) in [6.07, 6.45) is 1.43. The zero-order chi connectivity index (χ0) is 34.4. The summed E-state index contributed by atoms with van der Waals surface area (Å²) in [7, 11) is -6.98. The molecule has 0 saturated heterocycles. The summed E-state index contributed by atoms with van der Waals surface area (Å²) in [4.78, 5) is 25.6. The van der Waals surface area contributed by atoms with Gasteiger partial charge in [-0.25, -0.2) is 9.88 Å². The second-order valence-corrected chi connectivity index (χ2v) is 22.3. The van der Waals surface area contributed by atoms with Gasteiger partial charge in [0.1, 0.15) is 11.5 Å². The topological polar surface area (TPSA) is 90.9 Å². The van der Waals surface area contributed by atoms with Crippen LogP contribution in [0.25, 0.3) is 10.1 Å². The summed E-state index contributed by atoms with van der Waals surface area (Å²) in [5, 5.41) is 2.71. The van der Waals surface area contributed by atoms with Crippen molar-refractivity contribution in [1.82, 2.24) is 5.09 Å². The number of alkyl halides is 2. The summed E-state index contributed by atoms with van der Waals surface area (Å²) in [6.45, 7) is 17.5. The van der Waals surface area contributed by atoms with Gasteiger partial charge in [-0.3, -0.25) is 9.36 Å². The molecule has 0 radical (unpaired) electrons. The molecule has 3 aromatic rings. The molecule has 3 rings (SSSR count). The molecule has 0 fully saturated rings. The Labute approximate surface area is 280 Å². The highest BCUT2D eigenvalue weighted by molar-refractivity contribution is 8.13. The van der Waals surface area contributed by atoms with Crippen LogP contribution in [0.2, 0.25) is 18.1 Å². The van der Waals surface area contributed by atoms with Crippen LogP contribution in [0.3, 0.4) is 0 Å². The van der Waals surface area contributed by atoms with Gasteiger partial charge in [-0.15, -0.1) is 11.3 Å². The van der Waals surface area contributed by atoms with E-state index in [9.17, 15) is 14.2 Å². The minimum Gasteiger partial charge on any atom is -0.457 e. The summed E-state index contributed by atoms with van der Waals surface area (Å²) >= 11 is 2.05.